The Bertz CT molecular complexity index is 314. The Kier molecular flexibility index (Phi) is 5.59. The number of carbonyl (C=O) groups excluding carboxylic acids is 2. The van der Waals surface area contributed by atoms with Gasteiger partial charge in [-0.2, -0.15) is 13.2 Å². The van der Waals surface area contributed by atoms with Crippen LogP contribution in [0.15, 0.2) is 0 Å². The zero-order chi connectivity index (χ0) is 14.6. The van der Waals surface area contributed by atoms with Crippen LogP contribution in [-0.4, -0.2) is 36.6 Å². The van der Waals surface area contributed by atoms with Gasteiger partial charge in [-0.15, -0.1) is 0 Å². The van der Waals surface area contributed by atoms with Crippen molar-refractivity contribution in [2.75, 3.05) is 13.1 Å². The highest BCUT2D eigenvalue weighted by Crippen LogP contribution is 2.27. The largest absolute Gasteiger partial charge is 0.415 e. The Balaban J connectivity index is 4.23. The Labute approximate surface area is 103 Å². The van der Waals surface area contributed by atoms with Crippen LogP contribution in [0.4, 0.5) is 13.2 Å². The summed E-state index contributed by atoms with van der Waals surface area (Å²) in [5, 5.41) is 4.31. The number of rotatable bonds is 5. The van der Waals surface area contributed by atoms with Gasteiger partial charge in [0.25, 0.3) is 0 Å². The number of alkyl halides is 3. The van der Waals surface area contributed by atoms with E-state index < -0.39 is 30.1 Å². The van der Waals surface area contributed by atoms with Crippen LogP contribution in [0.1, 0.15) is 20.8 Å². The molecule has 4 N–H and O–H groups in total. The predicted molar refractivity (Wildman–Crippen MR) is 59.5 cm³/mol. The van der Waals surface area contributed by atoms with Crippen LogP contribution in [-0.2, 0) is 9.59 Å². The Hall–Kier alpha value is -1.31. The molecule has 0 fully saturated rings. The summed E-state index contributed by atoms with van der Waals surface area (Å²) in [6.45, 7) is 4.12. The van der Waals surface area contributed by atoms with Crippen LogP contribution in [0.5, 0.6) is 0 Å². The summed E-state index contributed by atoms with van der Waals surface area (Å²) in [7, 11) is 0. The van der Waals surface area contributed by atoms with Crippen molar-refractivity contribution < 1.29 is 22.8 Å². The van der Waals surface area contributed by atoms with Gasteiger partial charge in [0.2, 0.25) is 11.8 Å². The molecule has 2 amide bonds. The maximum Gasteiger partial charge on any atom is 0.415 e. The lowest BCUT2D eigenvalue weighted by Gasteiger charge is -2.25. The van der Waals surface area contributed by atoms with Crippen molar-refractivity contribution >= 4 is 11.8 Å². The minimum absolute atomic E-state index is 0.208. The predicted octanol–water partition coefficient (Wildman–Crippen LogP) is 0.154. The normalized spacial score (nSPS) is 15.1. The van der Waals surface area contributed by atoms with E-state index in [0.29, 0.717) is 13.5 Å². The Morgan fingerprint density at radius 2 is 1.72 bits per heavy atom. The number of amides is 2. The first-order valence-corrected chi connectivity index (χ1v) is 5.39. The molecular weight excluding hydrogens is 251 g/mol. The first-order chi connectivity index (χ1) is 7.98. The molecule has 0 aliphatic carbocycles. The van der Waals surface area contributed by atoms with Gasteiger partial charge in [0, 0.05) is 6.54 Å². The van der Waals surface area contributed by atoms with Gasteiger partial charge in [0.1, 0.15) is 0 Å². The number of nitrogens with one attached hydrogen (secondary N) is 2. The maximum absolute atomic E-state index is 12.4. The van der Waals surface area contributed by atoms with Crippen molar-refractivity contribution in [3.63, 3.8) is 0 Å². The standard InChI is InChI=1S/C10H18F3N3O2/c1-6(2)4-15-7(17)5-16-8(18)9(3,14)10(11,12)13/h6H,4-5,14H2,1-3H3,(H,15,17)(H,16,18). The quantitative estimate of drug-likeness (QED) is 0.664. The molecule has 0 saturated carbocycles. The van der Waals surface area contributed by atoms with E-state index in [1.54, 1.807) is 0 Å². The highest BCUT2D eigenvalue weighted by molar-refractivity contribution is 5.90. The molecule has 0 rings (SSSR count). The van der Waals surface area contributed by atoms with Gasteiger partial charge in [0.15, 0.2) is 5.54 Å². The number of hydrogen-bond acceptors (Lipinski definition) is 3. The summed E-state index contributed by atoms with van der Waals surface area (Å²) in [5.74, 6) is -1.79. The average molecular weight is 269 g/mol. The van der Waals surface area contributed by atoms with Crippen molar-refractivity contribution in [3.8, 4) is 0 Å². The third kappa shape index (κ3) is 4.91. The highest BCUT2D eigenvalue weighted by atomic mass is 19.4. The fourth-order valence-corrected chi connectivity index (χ4v) is 0.853. The van der Waals surface area contributed by atoms with Crippen LogP contribution in [0, 0.1) is 5.92 Å². The van der Waals surface area contributed by atoms with E-state index in [9.17, 15) is 22.8 Å². The fraction of sp³-hybridized carbons (Fsp3) is 0.800. The third-order valence-electron chi connectivity index (χ3n) is 2.18. The smallest absolute Gasteiger partial charge is 0.354 e. The molecule has 1 unspecified atom stereocenters. The van der Waals surface area contributed by atoms with Gasteiger partial charge in [0.05, 0.1) is 6.54 Å². The van der Waals surface area contributed by atoms with Crippen LogP contribution in [0.25, 0.3) is 0 Å². The average Bonchev–Trinajstić information content (AvgIpc) is 2.21. The fourth-order valence-electron chi connectivity index (χ4n) is 0.853. The maximum atomic E-state index is 12.4. The van der Waals surface area contributed by atoms with Gasteiger partial charge >= 0.3 is 6.18 Å². The van der Waals surface area contributed by atoms with Crippen LogP contribution >= 0.6 is 0 Å². The van der Waals surface area contributed by atoms with Crippen molar-refractivity contribution in [1.29, 1.82) is 0 Å². The molecule has 0 aliphatic heterocycles. The SMILES string of the molecule is CC(C)CNC(=O)CNC(=O)C(C)(N)C(F)(F)F. The Morgan fingerprint density at radius 1 is 1.22 bits per heavy atom. The number of nitrogens with two attached hydrogens (primary N) is 1. The molecule has 8 heteroatoms. The van der Waals surface area contributed by atoms with Gasteiger partial charge in [-0.25, -0.2) is 0 Å². The summed E-state index contributed by atoms with van der Waals surface area (Å²) >= 11 is 0. The van der Waals surface area contributed by atoms with Crippen molar-refractivity contribution in [2.45, 2.75) is 32.5 Å². The van der Waals surface area contributed by atoms with Gasteiger partial charge < -0.3 is 16.4 Å². The first kappa shape index (κ1) is 16.7. The van der Waals surface area contributed by atoms with E-state index >= 15 is 0 Å². The van der Waals surface area contributed by atoms with E-state index in [1.807, 2.05) is 19.2 Å². The summed E-state index contributed by atoms with van der Waals surface area (Å²) in [4.78, 5) is 22.4. The molecule has 0 aromatic carbocycles. The molecule has 0 aromatic rings. The molecule has 1 atom stereocenters. The number of hydrogen-bond donors (Lipinski definition) is 3. The monoisotopic (exact) mass is 269 g/mol. The summed E-state index contributed by atoms with van der Waals surface area (Å²) in [6.07, 6.45) is -4.87. The molecule has 106 valence electrons. The van der Waals surface area contributed by atoms with Gasteiger partial charge in [-0.05, 0) is 12.8 Å². The van der Waals surface area contributed by atoms with E-state index in [4.69, 9.17) is 5.73 Å². The summed E-state index contributed by atoms with van der Waals surface area (Å²) in [5.41, 5.74) is 1.87. The third-order valence-corrected chi connectivity index (χ3v) is 2.18. The lowest BCUT2D eigenvalue weighted by atomic mass is 10.0. The van der Waals surface area contributed by atoms with E-state index in [-0.39, 0.29) is 5.92 Å². The molecule has 0 radical (unpaired) electrons. The molecule has 0 heterocycles. The second-order valence-corrected chi connectivity index (χ2v) is 4.58. The van der Waals surface area contributed by atoms with E-state index in [0.717, 1.165) is 0 Å². The molecule has 0 spiro atoms. The lowest BCUT2D eigenvalue weighted by Crippen LogP contribution is -2.62. The van der Waals surface area contributed by atoms with Gasteiger partial charge in [-0.1, -0.05) is 13.8 Å². The number of carbonyl (C=O) groups is 2. The van der Waals surface area contributed by atoms with Crippen LogP contribution in [0.3, 0.4) is 0 Å². The second kappa shape index (κ2) is 6.03. The second-order valence-electron chi connectivity index (χ2n) is 4.58. The van der Waals surface area contributed by atoms with E-state index in [2.05, 4.69) is 5.32 Å². The van der Waals surface area contributed by atoms with E-state index in [1.165, 1.54) is 0 Å². The Morgan fingerprint density at radius 3 is 2.11 bits per heavy atom. The van der Waals surface area contributed by atoms with Crippen molar-refractivity contribution in [1.82, 2.24) is 10.6 Å². The summed E-state index contributed by atoms with van der Waals surface area (Å²) < 4.78 is 37.1. The minimum atomic E-state index is -4.87. The van der Waals surface area contributed by atoms with Crippen molar-refractivity contribution in [3.05, 3.63) is 0 Å². The highest BCUT2D eigenvalue weighted by Gasteiger charge is 2.53. The van der Waals surface area contributed by atoms with Crippen LogP contribution in [0.2, 0.25) is 0 Å². The topological polar surface area (TPSA) is 84.2 Å². The van der Waals surface area contributed by atoms with Crippen molar-refractivity contribution in [2.24, 2.45) is 11.7 Å². The summed E-state index contributed by atoms with van der Waals surface area (Å²) in [6, 6.07) is 0. The molecule has 5 nitrogen and oxygen atoms in total. The molecular formula is C10H18F3N3O2. The zero-order valence-electron chi connectivity index (χ0n) is 10.5. The number of halogens is 3. The molecule has 0 saturated heterocycles. The minimum Gasteiger partial charge on any atom is -0.354 e. The first-order valence-electron chi connectivity index (χ1n) is 5.39. The van der Waals surface area contributed by atoms with Crippen LogP contribution < -0.4 is 16.4 Å². The molecule has 0 aromatic heterocycles. The molecule has 18 heavy (non-hydrogen) atoms. The molecule has 0 aliphatic rings. The van der Waals surface area contributed by atoms with Gasteiger partial charge in [-0.3, -0.25) is 9.59 Å². The lowest BCUT2D eigenvalue weighted by molar-refractivity contribution is -0.187. The zero-order valence-corrected chi connectivity index (χ0v) is 10.5. The molecule has 0 bridgehead atoms.